The highest BCUT2D eigenvalue weighted by Crippen LogP contribution is 2.20. The van der Waals surface area contributed by atoms with Crippen LogP contribution < -0.4 is 0 Å². The molecule has 1 rings (SSSR count). The summed E-state index contributed by atoms with van der Waals surface area (Å²) in [6, 6.07) is 3.06. The number of carboxylic acids is 1. The Morgan fingerprint density at radius 3 is 2.69 bits per heavy atom. The van der Waals surface area contributed by atoms with Gasteiger partial charge in [0, 0.05) is 18.9 Å². The largest absolute Gasteiger partial charge is 0.477 e. The predicted octanol–water partition coefficient (Wildman–Crippen LogP) is 1.29. The monoisotopic (exact) mass is 189 g/mol. The normalized spacial score (nSPS) is 11.6. The number of aryl methyl sites for hydroxylation is 1. The molecule has 1 aromatic heterocycles. The van der Waals surface area contributed by atoms with Gasteiger partial charge in [0.15, 0.2) is 0 Å². The van der Waals surface area contributed by atoms with Gasteiger partial charge in [-0.2, -0.15) is 8.78 Å². The summed E-state index contributed by atoms with van der Waals surface area (Å²) in [6.45, 7) is 0. The minimum atomic E-state index is -3.69. The maximum atomic E-state index is 12.7. The molecule has 0 atom stereocenters. The molecule has 13 heavy (non-hydrogen) atoms. The standard InChI is InChI=1S/C8H9F2NO2/c1-11-4-2-3-6(11)5-8(9,10)7(12)13/h2-4H,5H2,1H3,(H,12,13). The summed E-state index contributed by atoms with van der Waals surface area (Å²) in [5, 5.41) is 8.17. The number of carboxylic acid groups (broad SMARTS) is 1. The quantitative estimate of drug-likeness (QED) is 0.778. The van der Waals surface area contributed by atoms with E-state index in [1.165, 1.54) is 10.6 Å². The van der Waals surface area contributed by atoms with E-state index in [4.69, 9.17) is 5.11 Å². The summed E-state index contributed by atoms with van der Waals surface area (Å²) in [5.41, 5.74) is 0.299. The molecule has 0 saturated carbocycles. The van der Waals surface area contributed by atoms with Gasteiger partial charge in [-0.05, 0) is 12.1 Å². The Hall–Kier alpha value is -1.39. The maximum absolute atomic E-state index is 12.7. The van der Waals surface area contributed by atoms with E-state index < -0.39 is 18.3 Å². The Bertz CT molecular complexity index is 320. The van der Waals surface area contributed by atoms with Crippen molar-refractivity contribution in [1.29, 1.82) is 0 Å². The van der Waals surface area contributed by atoms with Gasteiger partial charge in [-0.1, -0.05) is 0 Å². The van der Waals surface area contributed by atoms with E-state index in [1.54, 1.807) is 19.3 Å². The Balaban J connectivity index is 2.80. The van der Waals surface area contributed by atoms with Gasteiger partial charge in [0.1, 0.15) is 0 Å². The van der Waals surface area contributed by atoms with E-state index in [0.717, 1.165) is 0 Å². The molecule has 3 nitrogen and oxygen atoms in total. The van der Waals surface area contributed by atoms with Crippen LogP contribution in [-0.4, -0.2) is 21.6 Å². The second-order valence-corrected chi connectivity index (χ2v) is 2.80. The Morgan fingerprint density at radius 1 is 1.69 bits per heavy atom. The van der Waals surface area contributed by atoms with Crippen LogP contribution in [0.25, 0.3) is 0 Å². The van der Waals surface area contributed by atoms with Gasteiger partial charge in [-0.3, -0.25) is 0 Å². The van der Waals surface area contributed by atoms with Crippen molar-refractivity contribution in [2.75, 3.05) is 0 Å². The molecule has 0 bridgehead atoms. The highest BCUT2D eigenvalue weighted by molar-refractivity contribution is 5.75. The molecule has 1 heterocycles. The topological polar surface area (TPSA) is 42.2 Å². The molecular weight excluding hydrogens is 180 g/mol. The third-order valence-electron chi connectivity index (χ3n) is 1.77. The Labute approximate surface area is 73.6 Å². The minimum Gasteiger partial charge on any atom is -0.477 e. The van der Waals surface area contributed by atoms with E-state index in [9.17, 15) is 13.6 Å². The highest BCUT2D eigenvalue weighted by atomic mass is 19.3. The molecule has 1 aromatic rings. The van der Waals surface area contributed by atoms with Gasteiger partial charge in [0.05, 0.1) is 6.42 Å². The number of alkyl halides is 2. The average molecular weight is 189 g/mol. The van der Waals surface area contributed by atoms with E-state index in [0.29, 0.717) is 5.69 Å². The summed E-state index contributed by atoms with van der Waals surface area (Å²) in [6.07, 6.45) is 0.819. The molecule has 0 fully saturated rings. The van der Waals surface area contributed by atoms with E-state index in [1.807, 2.05) is 0 Å². The number of nitrogens with zero attached hydrogens (tertiary/aromatic N) is 1. The van der Waals surface area contributed by atoms with Crippen LogP contribution in [0.5, 0.6) is 0 Å². The average Bonchev–Trinajstić information content (AvgIpc) is 2.35. The van der Waals surface area contributed by atoms with Crippen molar-refractivity contribution in [3.8, 4) is 0 Å². The molecule has 0 aliphatic carbocycles. The number of halogens is 2. The van der Waals surface area contributed by atoms with Crippen molar-refractivity contribution in [3.05, 3.63) is 24.0 Å². The van der Waals surface area contributed by atoms with Crippen molar-refractivity contribution in [3.63, 3.8) is 0 Å². The van der Waals surface area contributed by atoms with Crippen molar-refractivity contribution < 1.29 is 18.7 Å². The summed E-state index contributed by atoms with van der Waals surface area (Å²) in [4.78, 5) is 10.1. The van der Waals surface area contributed by atoms with Gasteiger partial charge in [0.25, 0.3) is 0 Å². The number of hydrogen-bond donors (Lipinski definition) is 1. The van der Waals surface area contributed by atoms with E-state index >= 15 is 0 Å². The second-order valence-electron chi connectivity index (χ2n) is 2.80. The highest BCUT2D eigenvalue weighted by Gasteiger charge is 2.39. The maximum Gasteiger partial charge on any atom is 0.374 e. The fourth-order valence-electron chi connectivity index (χ4n) is 0.983. The van der Waals surface area contributed by atoms with Crippen LogP contribution in [-0.2, 0) is 18.3 Å². The van der Waals surface area contributed by atoms with Crippen LogP contribution in [0.2, 0.25) is 0 Å². The van der Waals surface area contributed by atoms with Crippen LogP contribution >= 0.6 is 0 Å². The lowest BCUT2D eigenvalue weighted by Crippen LogP contribution is -2.31. The molecule has 0 spiro atoms. The van der Waals surface area contributed by atoms with Gasteiger partial charge in [-0.15, -0.1) is 0 Å². The zero-order chi connectivity index (χ0) is 10.1. The summed E-state index contributed by atoms with van der Waals surface area (Å²) in [5.74, 6) is -5.78. The predicted molar refractivity (Wildman–Crippen MR) is 41.7 cm³/mol. The fourth-order valence-corrected chi connectivity index (χ4v) is 0.983. The zero-order valence-electron chi connectivity index (χ0n) is 7.00. The van der Waals surface area contributed by atoms with Gasteiger partial charge >= 0.3 is 11.9 Å². The fraction of sp³-hybridized carbons (Fsp3) is 0.375. The smallest absolute Gasteiger partial charge is 0.374 e. The van der Waals surface area contributed by atoms with Crippen LogP contribution in [0.4, 0.5) is 8.78 Å². The molecule has 5 heteroatoms. The second kappa shape index (κ2) is 3.16. The van der Waals surface area contributed by atoms with Gasteiger partial charge in [0.2, 0.25) is 0 Å². The van der Waals surface area contributed by atoms with E-state index in [-0.39, 0.29) is 0 Å². The molecule has 72 valence electrons. The number of hydrogen-bond acceptors (Lipinski definition) is 1. The zero-order valence-corrected chi connectivity index (χ0v) is 7.00. The third-order valence-corrected chi connectivity index (χ3v) is 1.77. The summed E-state index contributed by atoms with van der Waals surface area (Å²) < 4.78 is 26.8. The van der Waals surface area contributed by atoms with Crippen LogP contribution in [0, 0.1) is 0 Å². The molecule has 0 aliphatic rings. The summed E-state index contributed by atoms with van der Waals surface area (Å²) >= 11 is 0. The lowest BCUT2D eigenvalue weighted by atomic mass is 10.2. The van der Waals surface area contributed by atoms with Crippen molar-refractivity contribution in [1.82, 2.24) is 4.57 Å². The molecular formula is C8H9F2NO2. The molecule has 1 N–H and O–H groups in total. The van der Waals surface area contributed by atoms with Crippen LogP contribution in [0.15, 0.2) is 18.3 Å². The first-order chi connectivity index (χ1) is 5.93. The number of aliphatic carboxylic acids is 1. The van der Waals surface area contributed by atoms with Crippen molar-refractivity contribution in [2.45, 2.75) is 12.3 Å². The van der Waals surface area contributed by atoms with Gasteiger partial charge < -0.3 is 9.67 Å². The van der Waals surface area contributed by atoms with Crippen LogP contribution in [0.1, 0.15) is 5.69 Å². The molecule has 0 aromatic carbocycles. The number of aromatic nitrogens is 1. The first-order valence-electron chi connectivity index (χ1n) is 3.65. The van der Waals surface area contributed by atoms with Crippen molar-refractivity contribution >= 4 is 5.97 Å². The van der Waals surface area contributed by atoms with Crippen LogP contribution in [0.3, 0.4) is 0 Å². The molecule has 0 radical (unpaired) electrons. The Morgan fingerprint density at radius 2 is 2.31 bits per heavy atom. The number of rotatable bonds is 3. The van der Waals surface area contributed by atoms with Gasteiger partial charge in [-0.25, -0.2) is 4.79 Å². The third kappa shape index (κ3) is 2.05. The lowest BCUT2D eigenvalue weighted by molar-refractivity contribution is -0.164. The molecule has 0 saturated heterocycles. The first-order valence-corrected chi connectivity index (χ1v) is 3.65. The van der Waals surface area contributed by atoms with E-state index in [2.05, 4.69) is 0 Å². The lowest BCUT2D eigenvalue weighted by Gasteiger charge is -2.11. The SMILES string of the molecule is Cn1cccc1CC(F)(F)C(=O)O. The molecule has 0 aliphatic heterocycles. The van der Waals surface area contributed by atoms with Crippen molar-refractivity contribution in [2.24, 2.45) is 7.05 Å². The first kappa shape index (κ1) is 9.70. The minimum absolute atomic E-state index is 0.299. The Kier molecular flexibility index (Phi) is 2.36. The number of carbonyl (C=O) groups is 1. The molecule has 0 unspecified atom stereocenters. The summed E-state index contributed by atoms with van der Waals surface area (Å²) in [7, 11) is 1.59. The molecule has 0 amide bonds.